The number of allylic oxidation sites excluding steroid dienone is 3. The van der Waals surface area contributed by atoms with Gasteiger partial charge in [-0.25, -0.2) is 4.57 Å². The van der Waals surface area contributed by atoms with Crippen molar-refractivity contribution in [3.63, 3.8) is 0 Å². The van der Waals surface area contributed by atoms with Crippen molar-refractivity contribution in [1.82, 2.24) is 5.32 Å². The topological polar surface area (TPSA) is 105 Å². The van der Waals surface area contributed by atoms with Crippen LogP contribution in [0.3, 0.4) is 0 Å². The lowest BCUT2D eigenvalue weighted by molar-refractivity contribution is -0.870. The van der Waals surface area contributed by atoms with Crippen LogP contribution in [0.15, 0.2) is 24.3 Å². The van der Waals surface area contributed by atoms with Gasteiger partial charge in [0.05, 0.1) is 39.9 Å². The van der Waals surface area contributed by atoms with E-state index in [-0.39, 0.29) is 19.1 Å². The third kappa shape index (κ3) is 42.9. The number of hydrogen-bond donors (Lipinski definition) is 3. The van der Waals surface area contributed by atoms with Crippen LogP contribution in [-0.4, -0.2) is 73.4 Å². The molecule has 0 aliphatic carbocycles. The molecule has 338 valence electrons. The van der Waals surface area contributed by atoms with E-state index in [1.807, 2.05) is 27.2 Å². The van der Waals surface area contributed by atoms with Crippen molar-refractivity contribution >= 4 is 13.7 Å². The molecule has 3 unspecified atom stereocenters. The number of phosphoric acid groups is 1. The molecule has 9 heteroatoms. The first-order valence-electron chi connectivity index (χ1n) is 24.2. The number of amides is 1. The Bertz CT molecular complexity index is 984. The highest BCUT2D eigenvalue weighted by molar-refractivity contribution is 7.47. The van der Waals surface area contributed by atoms with Gasteiger partial charge >= 0.3 is 7.82 Å². The van der Waals surface area contributed by atoms with Gasteiger partial charge in [0.1, 0.15) is 13.2 Å². The molecule has 0 aromatic heterocycles. The molecule has 0 aliphatic rings. The Morgan fingerprint density at radius 3 is 1.40 bits per heavy atom. The van der Waals surface area contributed by atoms with Gasteiger partial charge < -0.3 is 19.8 Å². The summed E-state index contributed by atoms with van der Waals surface area (Å²) in [6.07, 6.45) is 48.6. The number of carbonyl (C=O) groups excluding carboxylic acids is 1. The minimum Gasteiger partial charge on any atom is -0.387 e. The number of nitrogens with zero attached hydrogens (tertiary/aromatic N) is 1. The number of phosphoric ester groups is 1. The Balaban J connectivity index is 4.07. The minimum atomic E-state index is -4.34. The van der Waals surface area contributed by atoms with Crippen LogP contribution in [0, 0.1) is 0 Å². The zero-order chi connectivity index (χ0) is 42.1. The van der Waals surface area contributed by atoms with Crippen LogP contribution in [0.4, 0.5) is 0 Å². The molecule has 0 rings (SSSR count). The number of hydrogen-bond acceptors (Lipinski definition) is 5. The van der Waals surface area contributed by atoms with E-state index in [9.17, 15) is 19.4 Å². The number of aliphatic hydroxyl groups excluding tert-OH is 1. The predicted octanol–water partition coefficient (Wildman–Crippen LogP) is 13.7. The van der Waals surface area contributed by atoms with Gasteiger partial charge in [-0.05, 0) is 32.1 Å². The normalized spacial score (nSPS) is 14.4. The van der Waals surface area contributed by atoms with Gasteiger partial charge in [-0.15, -0.1) is 0 Å². The number of rotatable bonds is 44. The highest BCUT2D eigenvalue weighted by Gasteiger charge is 2.27. The Morgan fingerprint density at radius 1 is 0.579 bits per heavy atom. The molecule has 0 aromatic rings. The molecule has 3 N–H and O–H groups in total. The summed E-state index contributed by atoms with van der Waals surface area (Å²) in [5, 5.41) is 13.7. The maximum Gasteiger partial charge on any atom is 0.472 e. The average molecular weight is 828 g/mol. The molecular weight excluding hydrogens is 732 g/mol. The quantitative estimate of drug-likeness (QED) is 0.0244. The fourth-order valence-corrected chi connectivity index (χ4v) is 7.79. The molecule has 0 aromatic carbocycles. The number of likely N-dealkylation sites (N-methyl/N-ethyl adjacent to an activating group) is 1. The lowest BCUT2D eigenvalue weighted by Gasteiger charge is -2.25. The molecule has 0 spiro atoms. The van der Waals surface area contributed by atoms with Gasteiger partial charge in [0.15, 0.2) is 0 Å². The largest absolute Gasteiger partial charge is 0.472 e. The fourth-order valence-electron chi connectivity index (χ4n) is 7.06. The third-order valence-corrected chi connectivity index (χ3v) is 11.9. The van der Waals surface area contributed by atoms with Gasteiger partial charge in [0.2, 0.25) is 5.91 Å². The second kappa shape index (κ2) is 40.4. The molecule has 57 heavy (non-hydrogen) atoms. The van der Waals surface area contributed by atoms with E-state index in [2.05, 4.69) is 31.3 Å². The first-order valence-corrected chi connectivity index (χ1v) is 25.7. The minimum absolute atomic E-state index is 0.0579. The van der Waals surface area contributed by atoms with Crippen LogP contribution < -0.4 is 5.32 Å². The molecule has 0 aliphatic heterocycles. The van der Waals surface area contributed by atoms with Crippen LogP contribution in [0.5, 0.6) is 0 Å². The van der Waals surface area contributed by atoms with Crippen molar-refractivity contribution in [2.45, 2.75) is 238 Å². The van der Waals surface area contributed by atoms with Gasteiger partial charge in [0, 0.05) is 6.42 Å². The van der Waals surface area contributed by atoms with Crippen LogP contribution in [0.1, 0.15) is 226 Å². The Kier molecular flexibility index (Phi) is 39.7. The average Bonchev–Trinajstić information content (AvgIpc) is 3.16. The van der Waals surface area contributed by atoms with Gasteiger partial charge in [-0.3, -0.25) is 13.8 Å². The van der Waals surface area contributed by atoms with E-state index < -0.39 is 20.0 Å². The Morgan fingerprint density at radius 2 is 0.965 bits per heavy atom. The van der Waals surface area contributed by atoms with Crippen LogP contribution >= 0.6 is 7.82 Å². The molecule has 0 bridgehead atoms. The van der Waals surface area contributed by atoms with E-state index in [0.29, 0.717) is 17.4 Å². The summed E-state index contributed by atoms with van der Waals surface area (Å²) in [7, 11) is 1.56. The SMILES string of the molecule is CCCCC/C=C/CC/C=C/C(O)C(COP(=O)(O)OCC[N+](C)(C)C)NC(=O)CCCCCCCCCCCCCCCCCCCCCCCCCCCC. The number of carbonyl (C=O) groups is 1. The maximum absolute atomic E-state index is 12.8. The highest BCUT2D eigenvalue weighted by atomic mass is 31.2. The molecule has 0 fully saturated rings. The molecule has 8 nitrogen and oxygen atoms in total. The van der Waals surface area contributed by atoms with Crippen molar-refractivity contribution < 1.29 is 32.9 Å². The molecule has 1 amide bonds. The summed E-state index contributed by atoms with van der Waals surface area (Å²) in [5.74, 6) is -0.186. The van der Waals surface area contributed by atoms with E-state index in [1.54, 1.807) is 6.08 Å². The van der Waals surface area contributed by atoms with E-state index in [0.717, 1.165) is 38.5 Å². The highest BCUT2D eigenvalue weighted by Crippen LogP contribution is 2.43. The van der Waals surface area contributed by atoms with Gasteiger partial charge in [0.25, 0.3) is 0 Å². The van der Waals surface area contributed by atoms with Crippen molar-refractivity contribution in [2.75, 3.05) is 40.9 Å². The van der Waals surface area contributed by atoms with E-state index in [1.165, 1.54) is 167 Å². The predicted molar refractivity (Wildman–Crippen MR) is 245 cm³/mol. The van der Waals surface area contributed by atoms with Crippen molar-refractivity contribution in [3.8, 4) is 0 Å². The van der Waals surface area contributed by atoms with Crippen molar-refractivity contribution in [2.24, 2.45) is 0 Å². The standard InChI is InChI=1S/C48H95N2O6P/c1-6-8-10-12-14-16-17-18-19-20-21-22-23-24-25-26-27-28-29-30-31-32-34-36-38-40-42-48(52)49-46(45-56-57(53,54)55-44-43-50(3,4)5)47(51)41-39-37-35-33-15-13-11-9-7-2/h15,33,39,41,46-47,51H,6-14,16-32,34-38,40,42-45H2,1-5H3,(H-,49,52,53,54)/p+1/b33-15+,41-39+. The first kappa shape index (κ1) is 56.0. The fraction of sp³-hybridized carbons (Fsp3) is 0.896. The van der Waals surface area contributed by atoms with Crippen molar-refractivity contribution in [1.29, 1.82) is 0 Å². The van der Waals surface area contributed by atoms with Crippen LogP contribution in [0.2, 0.25) is 0 Å². The summed E-state index contributed by atoms with van der Waals surface area (Å²) >= 11 is 0. The Hall–Kier alpha value is -1.02. The monoisotopic (exact) mass is 828 g/mol. The third-order valence-electron chi connectivity index (χ3n) is 10.9. The summed E-state index contributed by atoms with van der Waals surface area (Å²) in [6, 6.07) is -0.857. The first-order chi connectivity index (χ1) is 27.5. The summed E-state index contributed by atoms with van der Waals surface area (Å²) in [5.41, 5.74) is 0. The van der Waals surface area contributed by atoms with Gasteiger partial charge in [-0.2, -0.15) is 0 Å². The zero-order valence-corrected chi connectivity index (χ0v) is 39.2. The molecule has 0 heterocycles. The maximum atomic E-state index is 12.8. The summed E-state index contributed by atoms with van der Waals surface area (Å²) in [6.45, 7) is 4.76. The molecule has 0 saturated heterocycles. The zero-order valence-electron chi connectivity index (χ0n) is 38.3. The molecule has 0 radical (unpaired) electrons. The van der Waals surface area contributed by atoms with Gasteiger partial charge in [-0.1, -0.05) is 212 Å². The van der Waals surface area contributed by atoms with Crippen LogP contribution in [0.25, 0.3) is 0 Å². The Labute approximate surface area is 354 Å². The van der Waals surface area contributed by atoms with Crippen LogP contribution in [-0.2, 0) is 18.4 Å². The number of unbranched alkanes of at least 4 members (excludes halogenated alkanes) is 29. The second-order valence-electron chi connectivity index (χ2n) is 17.8. The van der Waals surface area contributed by atoms with Crippen molar-refractivity contribution in [3.05, 3.63) is 24.3 Å². The molecule has 0 saturated carbocycles. The number of nitrogens with one attached hydrogen (secondary N) is 1. The smallest absolute Gasteiger partial charge is 0.387 e. The molecule has 3 atom stereocenters. The van der Waals surface area contributed by atoms with E-state index in [4.69, 9.17) is 9.05 Å². The lowest BCUT2D eigenvalue weighted by Crippen LogP contribution is -2.45. The number of aliphatic hydroxyl groups is 1. The summed E-state index contributed by atoms with van der Waals surface area (Å²) < 4.78 is 23.5. The second-order valence-corrected chi connectivity index (χ2v) is 19.3. The number of quaternary nitrogens is 1. The lowest BCUT2D eigenvalue weighted by atomic mass is 10.0. The molecular formula is C48H96N2O6P+. The summed E-state index contributed by atoms with van der Waals surface area (Å²) in [4.78, 5) is 23.1. The van der Waals surface area contributed by atoms with E-state index >= 15 is 0 Å².